The average molecular weight is 452 g/mol. The lowest BCUT2D eigenvalue weighted by Crippen LogP contribution is -2.52. The first-order valence-electron chi connectivity index (χ1n) is 9.23. The van der Waals surface area contributed by atoms with E-state index < -0.39 is 17.4 Å². The first kappa shape index (κ1) is 20.7. The van der Waals surface area contributed by atoms with Gasteiger partial charge < -0.3 is 11.1 Å². The van der Waals surface area contributed by atoms with Crippen LogP contribution in [-0.2, 0) is 21.4 Å². The van der Waals surface area contributed by atoms with Crippen molar-refractivity contribution in [1.82, 2.24) is 10.3 Å². The molecule has 0 aliphatic carbocycles. The second kappa shape index (κ2) is 9.01. The van der Waals surface area contributed by atoms with Gasteiger partial charge in [0, 0.05) is 12.6 Å². The van der Waals surface area contributed by atoms with Crippen LogP contribution >= 0.6 is 15.9 Å². The average Bonchev–Trinajstić information content (AvgIpc) is 2.75. The molecular weight excluding hydrogens is 430 g/mol. The van der Waals surface area contributed by atoms with E-state index in [2.05, 4.69) is 26.2 Å². The standard InChI is InChI=1S/C23H22BrN3O2/c1-23(17-10-4-2-5-11-17,18-12-6-3-7-13-18)22(29)27-19(21(25)28)15-16-9-8-14-26-20(16)24/h2-14,19H,15H2,1H3,(H2,25,28)(H,27,29)/t19-/m0/s1. The van der Waals surface area contributed by atoms with Crippen LogP contribution in [-0.4, -0.2) is 22.8 Å². The molecule has 1 aromatic heterocycles. The number of nitrogens with two attached hydrogens (primary N) is 1. The molecule has 1 heterocycles. The first-order chi connectivity index (χ1) is 13.9. The van der Waals surface area contributed by atoms with E-state index in [-0.39, 0.29) is 12.3 Å². The maximum Gasteiger partial charge on any atom is 0.240 e. The predicted octanol–water partition coefficient (Wildman–Crippen LogP) is 3.36. The number of primary amides is 1. The Bertz CT molecular complexity index is 954. The van der Waals surface area contributed by atoms with Crippen LogP contribution < -0.4 is 11.1 Å². The molecule has 3 N–H and O–H groups in total. The second-order valence-corrected chi connectivity index (χ2v) is 7.69. The van der Waals surface area contributed by atoms with Crippen LogP contribution in [0.1, 0.15) is 23.6 Å². The molecule has 6 heteroatoms. The molecule has 0 spiro atoms. The lowest BCUT2D eigenvalue weighted by molar-refractivity contribution is -0.129. The molecular formula is C23H22BrN3O2. The van der Waals surface area contributed by atoms with E-state index in [9.17, 15) is 9.59 Å². The van der Waals surface area contributed by atoms with Gasteiger partial charge in [-0.05, 0) is 45.6 Å². The molecule has 148 valence electrons. The van der Waals surface area contributed by atoms with Crippen molar-refractivity contribution in [2.24, 2.45) is 5.73 Å². The molecule has 0 saturated carbocycles. The number of halogens is 1. The third kappa shape index (κ3) is 4.54. The molecule has 5 nitrogen and oxygen atoms in total. The van der Waals surface area contributed by atoms with E-state index in [1.54, 1.807) is 12.3 Å². The van der Waals surface area contributed by atoms with E-state index in [4.69, 9.17) is 5.73 Å². The van der Waals surface area contributed by atoms with Crippen molar-refractivity contribution in [3.8, 4) is 0 Å². The van der Waals surface area contributed by atoms with Crippen LogP contribution in [0.15, 0.2) is 83.6 Å². The summed E-state index contributed by atoms with van der Waals surface area (Å²) in [5.74, 6) is -0.892. The van der Waals surface area contributed by atoms with Crippen molar-refractivity contribution in [3.05, 3.63) is 100 Å². The van der Waals surface area contributed by atoms with Crippen molar-refractivity contribution in [2.45, 2.75) is 24.8 Å². The summed E-state index contributed by atoms with van der Waals surface area (Å²) in [6.45, 7) is 1.85. The third-order valence-electron chi connectivity index (χ3n) is 5.07. The molecule has 3 aromatic rings. The Morgan fingerprint density at radius 2 is 1.55 bits per heavy atom. The quantitative estimate of drug-likeness (QED) is 0.540. The summed E-state index contributed by atoms with van der Waals surface area (Å²) in [6, 6.07) is 21.7. The minimum absolute atomic E-state index is 0.245. The number of hydrogen-bond donors (Lipinski definition) is 2. The summed E-state index contributed by atoms with van der Waals surface area (Å²) >= 11 is 3.38. The lowest BCUT2D eigenvalue weighted by Gasteiger charge is -2.31. The fraction of sp³-hybridized carbons (Fsp3) is 0.174. The van der Waals surface area contributed by atoms with Gasteiger partial charge in [-0.25, -0.2) is 4.98 Å². The molecule has 0 aliphatic heterocycles. The second-order valence-electron chi connectivity index (χ2n) is 6.94. The van der Waals surface area contributed by atoms with Gasteiger partial charge in [0.2, 0.25) is 11.8 Å². The Morgan fingerprint density at radius 1 is 1.00 bits per heavy atom. The van der Waals surface area contributed by atoms with Gasteiger partial charge in [0.1, 0.15) is 10.6 Å². The summed E-state index contributed by atoms with van der Waals surface area (Å²) in [7, 11) is 0. The van der Waals surface area contributed by atoms with Gasteiger partial charge in [-0.1, -0.05) is 66.7 Å². The van der Waals surface area contributed by atoms with Crippen LogP contribution in [0.5, 0.6) is 0 Å². The maximum absolute atomic E-state index is 13.5. The number of amides is 2. The highest BCUT2D eigenvalue weighted by molar-refractivity contribution is 9.10. The van der Waals surface area contributed by atoms with Gasteiger partial charge in [-0.3, -0.25) is 9.59 Å². The minimum atomic E-state index is -0.984. The van der Waals surface area contributed by atoms with E-state index in [1.165, 1.54) is 0 Å². The summed E-state index contributed by atoms with van der Waals surface area (Å²) in [6.07, 6.45) is 1.89. The molecule has 0 saturated heterocycles. The SMILES string of the molecule is CC(C(=O)N[C@@H](Cc1cccnc1Br)C(N)=O)(c1ccccc1)c1ccccc1. The molecule has 0 bridgehead atoms. The van der Waals surface area contributed by atoms with Crippen molar-refractivity contribution in [2.75, 3.05) is 0 Å². The monoisotopic (exact) mass is 451 g/mol. The van der Waals surface area contributed by atoms with Crippen molar-refractivity contribution in [3.63, 3.8) is 0 Å². The van der Waals surface area contributed by atoms with Crippen molar-refractivity contribution < 1.29 is 9.59 Å². The Morgan fingerprint density at radius 3 is 2.03 bits per heavy atom. The highest BCUT2D eigenvalue weighted by Gasteiger charge is 2.38. The van der Waals surface area contributed by atoms with Crippen LogP contribution in [0.4, 0.5) is 0 Å². The zero-order chi connectivity index (χ0) is 20.9. The van der Waals surface area contributed by atoms with Crippen LogP contribution in [0, 0.1) is 0 Å². The lowest BCUT2D eigenvalue weighted by atomic mass is 9.75. The Balaban J connectivity index is 1.95. The molecule has 0 unspecified atom stereocenters. The van der Waals surface area contributed by atoms with E-state index in [0.29, 0.717) is 4.60 Å². The molecule has 1 atom stereocenters. The molecule has 2 amide bonds. The third-order valence-corrected chi connectivity index (χ3v) is 5.78. The number of rotatable bonds is 7. The topological polar surface area (TPSA) is 85.1 Å². The molecule has 0 radical (unpaired) electrons. The summed E-state index contributed by atoms with van der Waals surface area (Å²) in [5, 5.41) is 2.87. The van der Waals surface area contributed by atoms with Crippen LogP contribution in [0.25, 0.3) is 0 Å². The number of nitrogens with one attached hydrogen (secondary N) is 1. The minimum Gasteiger partial charge on any atom is -0.368 e. The summed E-state index contributed by atoms with van der Waals surface area (Å²) < 4.78 is 0.620. The molecule has 0 fully saturated rings. The largest absolute Gasteiger partial charge is 0.368 e. The van der Waals surface area contributed by atoms with Gasteiger partial charge in [0.25, 0.3) is 0 Å². The van der Waals surface area contributed by atoms with Gasteiger partial charge in [0.05, 0.1) is 5.41 Å². The highest BCUT2D eigenvalue weighted by atomic mass is 79.9. The zero-order valence-corrected chi connectivity index (χ0v) is 17.6. The van der Waals surface area contributed by atoms with E-state index in [1.807, 2.05) is 73.7 Å². The number of aromatic nitrogens is 1. The number of benzene rings is 2. The Hall–Kier alpha value is -2.99. The summed E-state index contributed by atoms with van der Waals surface area (Å²) in [4.78, 5) is 29.8. The molecule has 29 heavy (non-hydrogen) atoms. The number of hydrogen-bond acceptors (Lipinski definition) is 3. The molecule has 3 rings (SSSR count). The van der Waals surface area contributed by atoms with Crippen LogP contribution in [0.2, 0.25) is 0 Å². The van der Waals surface area contributed by atoms with Gasteiger partial charge in [-0.2, -0.15) is 0 Å². The van der Waals surface area contributed by atoms with Gasteiger partial charge in [-0.15, -0.1) is 0 Å². The van der Waals surface area contributed by atoms with E-state index in [0.717, 1.165) is 16.7 Å². The number of carbonyl (C=O) groups excluding carboxylic acids is 2. The van der Waals surface area contributed by atoms with Crippen molar-refractivity contribution in [1.29, 1.82) is 0 Å². The molecule has 0 aliphatic rings. The van der Waals surface area contributed by atoms with Crippen molar-refractivity contribution >= 4 is 27.7 Å². The smallest absolute Gasteiger partial charge is 0.240 e. The van der Waals surface area contributed by atoms with E-state index >= 15 is 0 Å². The van der Waals surface area contributed by atoms with Crippen LogP contribution in [0.3, 0.4) is 0 Å². The Kier molecular flexibility index (Phi) is 6.44. The highest BCUT2D eigenvalue weighted by Crippen LogP contribution is 2.32. The first-order valence-corrected chi connectivity index (χ1v) is 10.0. The normalized spacial score (nSPS) is 12.2. The van der Waals surface area contributed by atoms with Gasteiger partial charge in [0.15, 0.2) is 0 Å². The zero-order valence-electron chi connectivity index (χ0n) is 16.0. The Labute approximate surface area is 178 Å². The number of pyridine rings is 1. The van der Waals surface area contributed by atoms with Gasteiger partial charge >= 0.3 is 0 Å². The molecule has 2 aromatic carbocycles. The number of carbonyl (C=O) groups is 2. The maximum atomic E-state index is 13.5. The fourth-order valence-electron chi connectivity index (χ4n) is 3.29. The summed E-state index contributed by atoms with van der Waals surface area (Å²) in [5.41, 5.74) is 7.08. The predicted molar refractivity (Wildman–Crippen MR) is 116 cm³/mol. The number of nitrogens with zero attached hydrogens (tertiary/aromatic N) is 1. The fourth-order valence-corrected chi connectivity index (χ4v) is 3.70.